The zero-order valence-corrected chi connectivity index (χ0v) is 11.9. The van der Waals surface area contributed by atoms with Gasteiger partial charge in [0.15, 0.2) is 0 Å². The lowest BCUT2D eigenvalue weighted by atomic mass is 10.00. The van der Waals surface area contributed by atoms with Gasteiger partial charge in [-0.2, -0.15) is 0 Å². The molecule has 2 rings (SSSR count). The molecule has 1 N–H and O–H groups in total. The van der Waals surface area contributed by atoms with E-state index in [2.05, 4.69) is 55.5 Å². The zero-order chi connectivity index (χ0) is 13.0. The quantitative estimate of drug-likeness (QED) is 0.791. The van der Waals surface area contributed by atoms with E-state index in [1.54, 1.807) is 0 Å². The molecule has 1 aliphatic rings. The molecule has 0 heterocycles. The largest absolute Gasteiger partial charge is 0.378 e. The molecule has 0 aliphatic heterocycles. The fourth-order valence-electron chi connectivity index (χ4n) is 2.36. The Bertz CT molecular complexity index is 369. The van der Waals surface area contributed by atoms with E-state index >= 15 is 0 Å². The molecule has 1 fully saturated rings. The molecule has 0 amide bonds. The van der Waals surface area contributed by atoms with Crippen LogP contribution >= 0.6 is 0 Å². The SMILES string of the molecule is CCCNC(CC1CC1)c1cccc(N(C)C)c1. The van der Waals surface area contributed by atoms with E-state index in [4.69, 9.17) is 0 Å². The molecule has 1 aliphatic carbocycles. The Morgan fingerprint density at radius 2 is 2.11 bits per heavy atom. The van der Waals surface area contributed by atoms with Gasteiger partial charge in [0, 0.05) is 25.8 Å². The summed E-state index contributed by atoms with van der Waals surface area (Å²) in [5.74, 6) is 0.961. The maximum Gasteiger partial charge on any atom is 0.0364 e. The fraction of sp³-hybridized carbons (Fsp3) is 0.625. The van der Waals surface area contributed by atoms with Crippen molar-refractivity contribution >= 4 is 5.69 Å². The van der Waals surface area contributed by atoms with Gasteiger partial charge < -0.3 is 10.2 Å². The maximum absolute atomic E-state index is 3.70. The number of rotatable bonds is 7. The molecule has 0 bridgehead atoms. The van der Waals surface area contributed by atoms with Gasteiger partial charge in [-0.25, -0.2) is 0 Å². The first kappa shape index (κ1) is 13.4. The van der Waals surface area contributed by atoms with Crippen LogP contribution in [0.5, 0.6) is 0 Å². The van der Waals surface area contributed by atoms with E-state index < -0.39 is 0 Å². The van der Waals surface area contributed by atoms with Gasteiger partial charge in [0.2, 0.25) is 0 Å². The second-order valence-electron chi connectivity index (χ2n) is 5.68. The van der Waals surface area contributed by atoms with Crippen LogP contribution in [0, 0.1) is 5.92 Å². The third kappa shape index (κ3) is 3.74. The summed E-state index contributed by atoms with van der Waals surface area (Å²) in [6, 6.07) is 9.49. The van der Waals surface area contributed by atoms with Gasteiger partial charge in [-0.15, -0.1) is 0 Å². The molecule has 1 saturated carbocycles. The van der Waals surface area contributed by atoms with E-state index in [1.165, 1.54) is 36.9 Å². The van der Waals surface area contributed by atoms with Crippen LogP contribution in [0.4, 0.5) is 5.69 Å². The van der Waals surface area contributed by atoms with E-state index in [0.29, 0.717) is 6.04 Å². The van der Waals surface area contributed by atoms with Crippen LogP contribution in [0.15, 0.2) is 24.3 Å². The number of benzene rings is 1. The second-order valence-corrected chi connectivity index (χ2v) is 5.68. The van der Waals surface area contributed by atoms with Crippen LogP contribution < -0.4 is 10.2 Å². The van der Waals surface area contributed by atoms with Crippen molar-refractivity contribution in [3.63, 3.8) is 0 Å². The third-order valence-corrected chi connectivity index (χ3v) is 3.70. The van der Waals surface area contributed by atoms with Gasteiger partial charge in [-0.05, 0) is 43.0 Å². The van der Waals surface area contributed by atoms with E-state index in [9.17, 15) is 0 Å². The third-order valence-electron chi connectivity index (χ3n) is 3.70. The van der Waals surface area contributed by atoms with Crippen molar-refractivity contribution in [3.8, 4) is 0 Å². The van der Waals surface area contributed by atoms with Crippen molar-refractivity contribution in [1.29, 1.82) is 0 Å². The fourth-order valence-corrected chi connectivity index (χ4v) is 2.36. The number of anilines is 1. The summed E-state index contributed by atoms with van der Waals surface area (Å²) in [6.45, 7) is 3.35. The minimum absolute atomic E-state index is 0.539. The van der Waals surface area contributed by atoms with Gasteiger partial charge in [0.1, 0.15) is 0 Å². The normalized spacial score (nSPS) is 16.6. The Morgan fingerprint density at radius 1 is 1.33 bits per heavy atom. The van der Waals surface area contributed by atoms with Crippen LogP contribution in [-0.2, 0) is 0 Å². The highest BCUT2D eigenvalue weighted by molar-refractivity contribution is 5.47. The molecule has 2 nitrogen and oxygen atoms in total. The van der Waals surface area contributed by atoms with Crippen LogP contribution in [0.2, 0.25) is 0 Å². The molecular formula is C16H26N2. The number of hydrogen-bond acceptors (Lipinski definition) is 2. The average molecular weight is 246 g/mol. The Balaban J connectivity index is 2.09. The van der Waals surface area contributed by atoms with Gasteiger partial charge in [-0.3, -0.25) is 0 Å². The summed E-state index contributed by atoms with van der Waals surface area (Å²) in [7, 11) is 4.21. The molecule has 18 heavy (non-hydrogen) atoms. The molecule has 0 radical (unpaired) electrons. The van der Waals surface area contributed by atoms with Crippen LogP contribution in [0.1, 0.15) is 44.2 Å². The van der Waals surface area contributed by atoms with Crippen molar-refractivity contribution in [2.75, 3.05) is 25.5 Å². The van der Waals surface area contributed by atoms with Crippen molar-refractivity contribution < 1.29 is 0 Å². The molecule has 1 atom stereocenters. The number of nitrogens with zero attached hydrogens (tertiary/aromatic N) is 1. The van der Waals surface area contributed by atoms with E-state index in [1.807, 2.05) is 0 Å². The summed E-state index contributed by atoms with van der Waals surface area (Å²) >= 11 is 0. The summed E-state index contributed by atoms with van der Waals surface area (Å²) in [5, 5.41) is 3.70. The molecule has 1 aromatic rings. The van der Waals surface area contributed by atoms with E-state index in [0.717, 1.165) is 12.5 Å². The van der Waals surface area contributed by atoms with Crippen molar-refractivity contribution in [2.45, 2.75) is 38.6 Å². The van der Waals surface area contributed by atoms with Crippen LogP contribution in [-0.4, -0.2) is 20.6 Å². The molecule has 1 unspecified atom stereocenters. The van der Waals surface area contributed by atoms with Crippen LogP contribution in [0.3, 0.4) is 0 Å². The maximum atomic E-state index is 3.70. The highest BCUT2D eigenvalue weighted by Crippen LogP contribution is 2.38. The highest BCUT2D eigenvalue weighted by atomic mass is 15.1. The van der Waals surface area contributed by atoms with Gasteiger partial charge in [0.05, 0.1) is 0 Å². The standard InChI is InChI=1S/C16H26N2/c1-4-10-17-16(11-13-8-9-13)14-6-5-7-15(12-14)18(2)3/h5-7,12-13,16-17H,4,8-11H2,1-3H3. The summed E-state index contributed by atoms with van der Waals surface area (Å²) in [5.41, 5.74) is 2.74. The molecule has 2 heteroatoms. The number of nitrogens with one attached hydrogen (secondary N) is 1. The smallest absolute Gasteiger partial charge is 0.0364 e. The van der Waals surface area contributed by atoms with Crippen LogP contribution in [0.25, 0.3) is 0 Å². The molecule has 0 aromatic heterocycles. The lowest BCUT2D eigenvalue weighted by molar-refractivity contribution is 0.474. The second kappa shape index (κ2) is 6.24. The molecule has 100 valence electrons. The summed E-state index contributed by atoms with van der Waals surface area (Å²) in [6.07, 6.45) is 5.36. The van der Waals surface area contributed by atoms with Gasteiger partial charge in [0.25, 0.3) is 0 Å². The first-order valence-electron chi connectivity index (χ1n) is 7.21. The van der Waals surface area contributed by atoms with Crippen molar-refractivity contribution in [3.05, 3.63) is 29.8 Å². The molecule has 1 aromatic carbocycles. The van der Waals surface area contributed by atoms with Crippen molar-refractivity contribution in [2.24, 2.45) is 5.92 Å². The molecular weight excluding hydrogens is 220 g/mol. The number of hydrogen-bond donors (Lipinski definition) is 1. The highest BCUT2D eigenvalue weighted by Gasteiger charge is 2.26. The molecule has 0 spiro atoms. The Hall–Kier alpha value is -1.02. The summed E-state index contributed by atoms with van der Waals surface area (Å²) in [4.78, 5) is 2.18. The predicted octanol–water partition coefficient (Wildman–Crippen LogP) is 3.59. The Kier molecular flexibility index (Phi) is 4.65. The van der Waals surface area contributed by atoms with Gasteiger partial charge >= 0.3 is 0 Å². The predicted molar refractivity (Wildman–Crippen MR) is 79.1 cm³/mol. The summed E-state index contributed by atoms with van der Waals surface area (Å²) < 4.78 is 0. The van der Waals surface area contributed by atoms with E-state index in [-0.39, 0.29) is 0 Å². The van der Waals surface area contributed by atoms with Crippen molar-refractivity contribution in [1.82, 2.24) is 5.32 Å². The first-order chi connectivity index (χ1) is 8.70. The first-order valence-corrected chi connectivity index (χ1v) is 7.21. The minimum Gasteiger partial charge on any atom is -0.378 e. The topological polar surface area (TPSA) is 15.3 Å². The molecule has 0 saturated heterocycles. The zero-order valence-electron chi connectivity index (χ0n) is 11.9. The minimum atomic E-state index is 0.539. The Labute approximate surface area is 111 Å². The lowest BCUT2D eigenvalue weighted by Crippen LogP contribution is -2.23. The monoisotopic (exact) mass is 246 g/mol. The average Bonchev–Trinajstić information content (AvgIpc) is 3.18. The Morgan fingerprint density at radius 3 is 2.72 bits per heavy atom. The van der Waals surface area contributed by atoms with Gasteiger partial charge in [-0.1, -0.05) is 31.9 Å². The lowest BCUT2D eigenvalue weighted by Gasteiger charge is -2.21.